The Bertz CT molecular complexity index is 710. The Morgan fingerprint density at radius 2 is 2.36 bits per heavy atom. The Morgan fingerprint density at radius 1 is 1.52 bits per heavy atom. The summed E-state index contributed by atoms with van der Waals surface area (Å²) in [4.78, 5) is 18.9. The summed E-state index contributed by atoms with van der Waals surface area (Å²) in [6.07, 6.45) is 2.20. The number of rotatable bonds is 5. The van der Waals surface area contributed by atoms with Crippen LogP contribution in [0.4, 0.5) is 4.39 Å². The summed E-state index contributed by atoms with van der Waals surface area (Å²) in [5, 5.41) is 4.98. The highest BCUT2D eigenvalue weighted by Crippen LogP contribution is 2.33. The van der Waals surface area contributed by atoms with Gasteiger partial charge < -0.3 is 10.2 Å². The van der Waals surface area contributed by atoms with E-state index < -0.39 is 11.2 Å². The topological polar surface area (TPSA) is 45.2 Å². The van der Waals surface area contributed by atoms with Gasteiger partial charge in [0.25, 0.3) is 5.91 Å². The highest BCUT2D eigenvalue weighted by molar-refractivity contribution is 7.12. The molecular formula is C18H21ClFN3OS. The van der Waals surface area contributed by atoms with Crippen LogP contribution in [-0.2, 0) is 6.54 Å². The van der Waals surface area contributed by atoms with Crippen molar-refractivity contribution in [3.05, 3.63) is 52.0 Å². The van der Waals surface area contributed by atoms with Gasteiger partial charge in [0.15, 0.2) is 0 Å². The summed E-state index contributed by atoms with van der Waals surface area (Å²) in [6, 6.07) is 7.51. The molecule has 3 heterocycles. The molecule has 1 N–H and O–H groups in total. The molecule has 0 spiro atoms. The third-order valence-corrected chi connectivity index (χ3v) is 5.63. The van der Waals surface area contributed by atoms with E-state index in [4.69, 9.17) is 11.6 Å². The van der Waals surface area contributed by atoms with Crippen LogP contribution in [0.15, 0.2) is 35.8 Å². The number of thiophene rings is 1. The summed E-state index contributed by atoms with van der Waals surface area (Å²) >= 11 is 7.70. The first-order chi connectivity index (χ1) is 12.0. The standard InChI is InChI=1S/C18H21ClFN3OS/c1-13-4-5-14(22-10-13)11-21-12-18(20)6-7-23(16(19)9-18)17(24)15-3-2-8-25-15/h2-5,8,10,16,21H,6-7,9,11-12H2,1H3. The van der Waals surface area contributed by atoms with E-state index in [-0.39, 0.29) is 25.3 Å². The van der Waals surface area contributed by atoms with Crippen molar-refractivity contribution in [3.8, 4) is 0 Å². The van der Waals surface area contributed by atoms with Crippen molar-refractivity contribution in [2.24, 2.45) is 0 Å². The maximum absolute atomic E-state index is 15.1. The number of nitrogens with zero attached hydrogens (tertiary/aromatic N) is 2. The van der Waals surface area contributed by atoms with Gasteiger partial charge in [-0.1, -0.05) is 23.7 Å². The number of nitrogens with one attached hydrogen (secondary N) is 1. The molecule has 4 nitrogen and oxygen atoms in total. The number of piperidine rings is 1. The van der Waals surface area contributed by atoms with Crippen LogP contribution in [0.1, 0.15) is 33.8 Å². The number of amides is 1. The lowest BCUT2D eigenvalue weighted by atomic mass is 9.92. The highest BCUT2D eigenvalue weighted by Gasteiger charge is 2.41. The summed E-state index contributed by atoms with van der Waals surface area (Å²) < 4.78 is 15.1. The van der Waals surface area contributed by atoms with Gasteiger partial charge in [-0.15, -0.1) is 11.3 Å². The van der Waals surface area contributed by atoms with Crippen LogP contribution in [0.2, 0.25) is 0 Å². The second-order valence-electron chi connectivity index (χ2n) is 6.45. The predicted octanol–water partition coefficient (Wildman–Crippen LogP) is 3.75. The molecule has 0 aliphatic carbocycles. The van der Waals surface area contributed by atoms with E-state index in [0.717, 1.165) is 11.3 Å². The number of pyridine rings is 1. The van der Waals surface area contributed by atoms with Gasteiger partial charge in [-0.2, -0.15) is 0 Å². The van der Waals surface area contributed by atoms with Gasteiger partial charge in [0, 0.05) is 38.7 Å². The number of aryl methyl sites for hydroxylation is 1. The lowest BCUT2D eigenvalue weighted by Gasteiger charge is -2.39. The monoisotopic (exact) mass is 381 g/mol. The van der Waals surface area contributed by atoms with Crippen molar-refractivity contribution in [2.45, 2.75) is 37.5 Å². The van der Waals surface area contributed by atoms with E-state index in [0.29, 0.717) is 18.0 Å². The molecule has 1 amide bonds. The fraction of sp³-hybridized carbons (Fsp3) is 0.444. The minimum Gasteiger partial charge on any atom is -0.321 e. The summed E-state index contributed by atoms with van der Waals surface area (Å²) in [5.41, 5.74) is -0.0726. The zero-order chi connectivity index (χ0) is 17.9. The Morgan fingerprint density at radius 3 is 3.00 bits per heavy atom. The highest BCUT2D eigenvalue weighted by atomic mass is 35.5. The molecule has 0 saturated carbocycles. The molecule has 2 atom stereocenters. The molecule has 1 aliphatic rings. The van der Waals surface area contributed by atoms with Gasteiger partial charge in [0.2, 0.25) is 0 Å². The van der Waals surface area contributed by atoms with E-state index >= 15 is 4.39 Å². The van der Waals surface area contributed by atoms with Crippen LogP contribution in [0.25, 0.3) is 0 Å². The third-order valence-electron chi connectivity index (χ3n) is 4.39. The first-order valence-corrected chi connectivity index (χ1v) is 9.58. The van der Waals surface area contributed by atoms with Gasteiger partial charge in [-0.3, -0.25) is 9.78 Å². The van der Waals surface area contributed by atoms with Crippen LogP contribution >= 0.6 is 22.9 Å². The van der Waals surface area contributed by atoms with Crippen LogP contribution in [-0.4, -0.2) is 40.1 Å². The number of carbonyl (C=O) groups is 1. The molecule has 0 radical (unpaired) electrons. The van der Waals surface area contributed by atoms with Crippen molar-refractivity contribution in [3.63, 3.8) is 0 Å². The van der Waals surface area contributed by atoms with E-state index in [1.165, 1.54) is 11.3 Å². The predicted molar refractivity (Wildman–Crippen MR) is 98.8 cm³/mol. The Hall–Kier alpha value is -1.50. The Labute approximate surface area is 156 Å². The molecule has 0 aromatic carbocycles. The maximum atomic E-state index is 15.1. The van der Waals surface area contributed by atoms with Crippen LogP contribution < -0.4 is 5.32 Å². The molecule has 25 heavy (non-hydrogen) atoms. The van der Waals surface area contributed by atoms with E-state index in [2.05, 4.69) is 10.3 Å². The summed E-state index contributed by atoms with van der Waals surface area (Å²) in [7, 11) is 0. The zero-order valence-corrected chi connectivity index (χ0v) is 15.6. The number of halogens is 2. The number of aromatic nitrogens is 1. The molecular weight excluding hydrogens is 361 g/mol. The summed E-state index contributed by atoms with van der Waals surface area (Å²) in [5.74, 6) is -0.117. The largest absolute Gasteiger partial charge is 0.321 e. The number of alkyl halides is 2. The van der Waals surface area contributed by atoms with Crippen molar-refractivity contribution in [2.75, 3.05) is 13.1 Å². The van der Waals surface area contributed by atoms with Crippen molar-refractivity contribution < 1.29 is 9.18 Å². The molecule has 7 heteroatoms. The van der Waals surface area contributed by atoms with Gasteiger partial charge in [-0.25, -0.2) is 4.39 Å². The van der Waals surface area contributed by atoms with Crippen LogP contribution in [0.3, 0.4) is 0 Å². The number of likely N-dealkylation sites (tertiary alicyclic amines) is 1. The third kappa shape index (κ3) is 4.57. The van der Waals surface area contributed by atoms with Gasteiger partial charge in [0.05, 0.1) is 10.6 Å². The van der Waals surface area contributed by atoms with Crippen molar-refractivity contribution in [1.82, 2.24) is 15.2 Å². The summed E-state index contributed by atoms with van der Waals surface area (Å²) in [6.45, 7) is 3.02. The number of hydrogen-bond acceptors (Lipinski definition) is 4. The fourth-order valence-electron chi connectivity index (χ4n) is 2.92. The number of hydrogen-bond donors (Lipinski definition) is 1. The first-order valence-electron chi connectivity index (χ1n) is 8.27. The number of carbonyl (C=O) groups excluding carboxylic acids is 1. The molecule has 1 aliphatic heterocycles. The molecule has 3 rings (SSSR count). The lowest BCUT2D eigenvalue weighted by molar-refractivity contribution is 0.0354. The quantitative estimate of drug-likeness (QED) is 0.633. The minimum atomic E-state index is -1.41. The second kappa shape index (κ2) is 7.81. The fourth-order valence-corrected chi connectivity index (χ4v) is 4.07. The Kier molecular flexibility index (Phi) is 5.71. The van der Waals surface area contributed by atoms with E-state index in [9.17, 15) is 4.79 Å². The van der Waals surface area contributed by atoms with Gasteiger partial charge >= 0.3 is 0 Å². The molecule has 2 aromatic rings. The molecule has 134 valence electrons. The minimum absolute atomic E-state index is 0.117. The van der Waals surface area contributed by atoms with Gasteiger partial charge in [-0.05, 0) is 30.0 Å². The Balaban J connectivity index is 1.52. The van der Waals surface area contributed by atoms with Crippen LogP contribution in [0, 0.1) is 6.92 Å². The van der Waals surface area contributed by atoms with Crippen LogP contribution in [0.5, 0.6) is 0 Å². The van der Waals surface area contributed by atoms with E-state index in [1.54, 1.807) is 17.2 Å². The zero-order valence-electron chi connectivity index (χ0n) is 14.0. The lowest BCUT2D eigenvalue weighted by Crippen LogP contribution is -2.52. The van der Waals surface area contributed by atoms with Gasteiger partial charge in [0.1, 0.15) is 11.2 Å². The van der Waals surface area contributed by atoms with E-state index in [1.807, 2.05) is 30.5 Å². The maximum Gasteiger partial charge on any atom is 0.265 e. The average molecular weight is 382 g/mol. The second-order valence-corrected chi connectivity index (χ2v) is 7.90. The molecule has 1 saturated heterocycles. The molecule has 2 unspecified atom stereocenters. The average Bonchev–Trinajstić information content (AvgIpc) is 3.11. The van der Waals surface area contributed by atoms with Crippen molar-refractivity contribution >= 4 is 28.8 Å². The normalized spacial score (nSPS) is 23.6. The molecule has 0 bridgehead atoms. The molecule has 1 fully saturated rings. The first kappa shape index (κ1) is 18.3. The van der Waals surface area contributed by atoms with Crippen molar-refractivity contribution in [1.29, 1.82) is 0 Å². The smallest absolute Gasteiger partial charge is 0.265 e. The molecule has 2 aromatic heterocycles. The SMILES string of the molecule is Cc1ccc(CNCC2(F)CCN(C(=O)c3cccs3)C(Cl)C2)nc1.